The highest BCUT2D eigenvalue weighted by Gasteiger charge is 2.27. The van der Waals surface area contributed by atoms with Gasteiger partial charge in [0.2, 0.25) is 0 Å². The highest BCUT2D eigenvalue weighted by atomic mass is 16.5. The molecule has 0 N–H and O–H groups in total. The molecule has 1 aromatic carbocycles. The fourth-order valence-electron chi connectivity index (χ4n) is 3.50. The molecular formula is C23H24N4O2. The van der Waals surface area contributed by atoms with E-state index in [0.717, 1.165) is 36.1 Å². The largest absolute Gasteiger partial charge is 0.372 e. The number of carbonyl (C=O) groups is 1. The van der Waals surface area contributed by atoms with Crippen LogP contribution in [0.15, 0.2) is 54.9 Å². The molecule has 1 atom stereocenters. The van der Waals surface area contributed by atoms with Crippen LogP contribution in [-0.4, -0.2) is 46.5 Å². The van der Waals surface area contributed by atoms with E-state index in [1.54, 1.807) is 26.5 Å². The molecule has 2 aromatic heterocycles. The van der Waals surface area contributed by atoms with Gasteiger partial charge in [0.1, 0.15) is 11.8 Å². The first kappa shape index (κ1) is 19.2. The molecule has 1 fully saturated rings. The molecule has 29 heavy (non-hydrogen) atoms. The van der Waals surface area contributed by atoms with Crippen LogP contribution in [-0.2, 0) is 4.74 Å². The van der Waals surface area contributed by atoms with E-state index in [-0.39, 0.29) is 12.0 Å². The number of rotatable bonds is 4. The summed E-state index contributed by atoms with van der Waals surface area (Å²) in [5.74, 6) is -0.190. The third-order valence-electron chi connectivity index (χ3n) is 5.00. The summed E-state index contributed by atoms with van der Waals surface area (Å²) >= 11 is 0. The number of amides is 1. The van der Waals surface area contributed by atoms with Crippen LogP contribution in [0, 0.1) is 0 Å². The third kappa shape index (κ3) is 4.03. The molecule has 1 unspecified atom stereocenters. The number of ether oxygens (including phenoxy) is 1. The normalized spacial score (nSPS) is 16.4. The molecule has 6 heteroatoms. The lowest BCUT2D eigenvalue weighted by atomic mass is 9.99. The lowest BCUT2D eigenvalue weighted by molar-refractivity contribution is 0.0125. The zero-order valence-corrected chi connectivity index (χ0v) is 16.7. The van der Waals surface area contributed by atoms with E-state index in [1.165, 1.54) is 4.90 Å². The van der Waals surface area contributed by atoms with Gasteiger partial charge in [0.25, 0.3) is 5.91 Å². The van der Waals surface area contributed by atoms with E-state index < -0.39 is 0 Å². The van der Waals surface area contributed by atoms with E-state index in [1.807, 2.05) is 42.5 Å². The summed E-state index contributed by atoms with van der Waals surface area (Å²) in [6, 6.07) is 13.6. The quantitative estimate of drug-likeness (QED) is 0.672. The van der Waals surface area contributed by atoms with Crippen molar-refractivity contribution in [3.63, 3.8) is 0 Å². The lowest BCUT2D eigenvalue weighted by Crippen LogP contribution is -2.25. The highest BCUT2D eigenvalue weighted by Crippen LogP contribution is 2.35. The summed E-state index contributed by atoms with van der Waals surface area (Å²) in [6.07, 6.45) is 6.31. The second-order valence-corrected chi connectivity index (χ2v) is 7.32. The van der Waals surface area contributed by atoms with E-state index in [9.17, 15) is 4.79 Å². The topological polar surface area (TPSA) is 68.2 Å². The van der Waals surface area contributed by atoms with Crippen LogP contribution < -0.4 is 0 Å². The summed E-state index contributed by atoms with van der Waals surface area (Å²) in [5.41, 5.74) is 4.04. The zero-order chi connectivity index (χ0) is 20.2. The number of nitrogens with zero attached hydrogens (tertiary/aromatic N) is 4. The predicted octanol–water partition coefficient (Wildman–Crippen LogP) is 4.15. The SMILES string of the molecule is CN(C)C(=O)c1nc(-c2ccccc2)c(C2CCCCO2)nc1-c1cccnc1. The predicted molar refractivity (Wildman–Crippen MR) is 111 cm³/mol. The minimum Gasteiger partial charge on any atom is -0.372 e. The van der Waals surface area contributed by atoms with Crippen LogP contribution >= 0.6 is 0 Å². The Morgan fingerprint density at radius 2 is 1.79 bits per heavy atom. The van der Waals surface area contributed by atoms with Gasteiger partial charge in [0.15, 0.2) is 5.69 Å². The second-order valence-electron chi connectivity index (χ2n) is 7.32. The molecule has 1 saturated heterocycles. The minimum absolute atomic E-state index is 0.134. The van der Waals surface area contributed by atoms with Gasteiger partial charge in [0, 0.05) is 44.2 Å². The fourth-order valence-corrected chi connectivity index (χ4v) is 3.50. The van der Waals surface area contributed by atoms with Crippen LogP contribution in [0.3, 0.4) is 0 Å². The van der Waals surface area contributed by atoms with Crippen LogP contribution in [0.25, 0.3) is 22.5 Å². The van der Waals surface area contributed by atoms with Crippen LogP contribution in [0.2, 0.25) is 0 Å². The zero-order valence-electron chi connectivity index (χ0n) is 16.7. The number of pyridine rings is 1. The van der Waals surface area contributed by atoms with Gasteiger partial charge < -0.3 is 9.64 Å². The van der Waals surface area contributed by atoms with Crippen LogP contribution in [0.1, 0.15) is 41.5 Å². The molecule has 0 spiro atoms. The molecule has 1 aliphatic heterocycles. The maximum Gasteiger partial charge on any atom is 0.274 e. The molecule has 3 heterocycles. The van der Waals surface area contributed by atoms with Gasteiger partial charge in [-0.25, -0.2) is 9.97 Å². The molecule has 148 valence electrons. The van der Waals surface area contributed by atoms with Gasteiger partial charge in [0.05, 0.1) is 11.4 Å². The number of hydrogen-bond donors (Lipinski definition) is 0. The van der Waals surface area contributed by atoms with E-state index in [2.05, 4.69) is 4.98 Å². The molecule has 4 rings (SSSR count). The molecule has 6 nitrogen and oxygen atoms in total. The third-order valence-corrected chi connectivity index (χ3v) is 5.00. The van der Waals surface area contributed by atoms with Gasteiger partial charge >= 0.3 is 0 Å². The van der Waals surface area contributed by atoms with Crippen LogP contribution in [0.4, 0.5) is 0 Å². The summed E-state index contributed by atoms with van der Waals surface area (Å²) in [7, 11) is 3.44. The van der Waals surface area contributed by atoms with E-state index in [4.69, 9.17) is 14.7 Å². The standard InChI is InChI=1S/C23H24N4O2/c1-27(2)23(28)22-20(17-11-8-13-24-15-17)25-21(18-12-6-7-14-29-18)19(26-22)16-9-4-3-5-10-16/h3-5,8-11,13,15,18H,6-7,12,14H2,1-2H3. The molecule has 0 saturated carbocycles. The van der Waals surface area contributed by atoms with E-state index >= 15 is 0 Å². The summed E-state index contributed by atoms with van der Waals surface area (Å²) < 4.78 is 6.05. The van der Waals surface area contributed by atoms with Crippen molar-refractivity contribution in [3.05, 3.63) is 66.2 Å². The monoisotopic (exact) mass is 388 g/mol. The Morgan fingerprint density at radius 3 is 2.45 bits per heavy atom. The van der Waals surface area contributed by atoms with E-state index in [0.29, 0.717) is 23.7 Å². The van der Waals surface area contributed by atoms with Gasteiger partial charge in [-0.05, 0) is 31.4 Å². The fraction of sp³-hybridized carbons (Fsp3) is 0.304. The van der Waals surface area contributed by atoms with Crippen molar-refractivity contribution < 1.29 is 9.53 Å². The lowest BCUT2D eigenvalue weighted by Gasteiger charge is -2.25. The first-order valence-electron chi connectivity index (χ1n) is 9.86. The smallest absolute Gasteiger partial charge is 0.274 e. The molecule has 0 bridgehead atoms. The Labute approximate surface area is 170 Å². The number of carbonyl (C=O) groups excluding carboxylic acids is 1. The average molecular weight is 388 g/mol. The van der Waals surface area contributed by atoms with Crippen molar-refractivity contribution in [1.82, 2.24) is 19.9 Å². The van der Waals surface area contributed by atoms with Gasteiger partial charge in [-0.2, -0.15) is 0 Å². The van der Waals surface area contributed by atoms with Crippen molar-refractivity contribution in [1.29, 1.82) is 0 Å². The number of aromatic nitrogens is 3. The molecule has 3 aromatic rings. The maximum absolute atomic E-state index is 13.0. The Hall–Kier alpha value is -3.12. The molecule has 0 radical (unpaired) electrons. The Kier molecular flexibility index (Phi) is 5.62. The Morgan fingerprint density at radius 1 is 1.00 bits per heavy atom. The van der Waals surface area contributed by atoms with Gasteiger partial charge in [-0.3, -0.25) is 9.78 Å². The second kappa shape index (κ2) is 8.49. The van der Waals surface area contributed by atoms with Crippen molar-refractivity contribution in [2.45, 2.75) is 25.4 Å². The molecule has 1 amide bonds. The Bertz CT molecular complexity index is 985. The average Bonchev–Trinajstić information content (AvgIpc) is 2.79. The molecule has 0 aliphatic carbocycles. The van der Waals surface area contributed by atoms with Crippen molar-refractivity contribution in [2.75, 3.05) is 20.7 Å². The summed E-state index contributed by atoms with van der Waals surface area (Å²) in [4.78, 5) is 28.5. The first-order valence-corrected chi connectivity index (χ1v) is 9.86. The Balaban J connectivity index is 1.96. The molecule has 1 aliphatic rings. The maximum atomic E-state index is 13.0. The van der Waals surface area contributed by atoms with Crippen LogP contribution in [0.5, 0.6) is 0 Å². The molecular weight excluding hydrogens is 364 g/mol. The minimum atomic E-state index is -0.190. The summed E-state index contributed by atoms with van der Waals surface area (Å²) in [6.45, 7) is 0.710. The number of hydrogen-bond acceptors (Lipinski definition) is 5. The summed E-state index contributed by atoms with van der Waals surface area (Å²) in [5, 5.41) is 0. The van der Waals surface area contributed by atoms with Crippen molar-refractivity contribution in [2.24, 2.45) is 0 Å². The van der Waals surface area contributed by atoms with Crippen molar-refractivity contribution >= 4 is 5.91 Å². The first-order chi connectivity index (χ1) is 14.1. The highest BCUT2D eigenvalue weighted by molar-refractivity contribution is 5.98. The number of benzene rings is 1. The van der Waals surface area contributed by atoms with Crippen molar-refractivity contribution in [3.8, 4) is 22.5 Å². The van der Waals surface area contributed by atoms with Gasteiger partial charge in [-0.1, -0.05) is 30.3 Å². The van der Waals surface area contributed by atoms with Gasteiger partial charge in [-0.15, -0.1) is 0 Å².